The number of carbonyl (C=O) groups excluding carboxylic acids is 1. The Morgan fingerprint density at radius 3 is 2.88 bits per heavy atom. The van der Waals surface area contributed by atoms with Crippen LogP contribution in [0.3, 0.4) is 0 Å². The molecule has 1 atom stereocenters. The van der Waals surface area contributed by atoms with Gasteiger partial charge in [-0.1, -0.05) is 25.3 Å². The molecule has 26 heavy (non-hydrogen) atoms. The fraction of sp³-hybridized carbons (Fsp3) is 0.650. The molecule has 0 saturated heterocycles. The van der Waals surface area contributed by atoms with Gasteiger partial charge < -0.3 is 20.1 Å². The summed E-state index contributed by atoms with van der Waals surface area (Å²) < 4.78 is 19.0. The minimum absolute atomic E-state index is 0.0404. The molecule has 0 aromatic heterocycles. The van der Waals surface area contributed by atoms with Crippen LogP contribution in [0.15, 0.2) is 18.2 Å². The minimum Gasteiger partial charge on any atom is -0.389 e. The van der Waals surface area contributed by atoms with Crippen molar-refractivity contribution in [3.63, 3.8) is 0 Å². The van der Waals surface area contributed by atoms with Gasteiger partial charge in [-0.05, 0) is 42.5 Å². The zero-order valence-corrected chi connectivity index (χ0v) is 15.5. The topological polar surface area (TPSA) is 61.8 Å². The highest BCUT2D eigenvalue weighted by atomic mass is 19.1. The van der Waals surface area contributed by atoms with Crippen molar-refractivity contribution in [3.05, 3.63) is 35.1 Å². The van der Waals surface area contributed by atoms with Crippen molar-refractivity contribution in [2.24, 2.45) is 0 Å². The van der Waals surface area contributed by atoms with E-state index in [4.69, 9.17) is 4.74 Å². The lowest BCUT2D eigenvalue weighted by Gasteiger charge is -2.37. The fourth-order valence-electron chi connectivity index (χ4n) is 4.19. The molecule has 0 bridgehead atoms. The summed E-state index contributed by atoms with van der Waals surface area (Å²) in [6.45, 7) is 1.55. The van der Waals surface area contributed by atoms with Crippen molar-refractivity contribution < 1.29 is 19.0 Å². The van der Waals surface area contributed by atoms with E-state index in [9.17, 15) is 14.3 Å². The van der Waals surface area contributed by atoms with Gasteiger partial charge in [-0.3, -0.25) is 4.79 Å². The highest BCUT2D eigenvalue weighted by Gasteiger charge is 2.32. The van der Waals surface area contributed by atoms with Crippen molar-refractivity contribution in [1.29, 1.82) is 0 Å². The molecule has 2 aliphatic rings. The van der Waals surface area contributed by atoms with Crippen LogP contribution in [0.5, 0.6) is 0 Å². The van der Waals surface area contributed by atoms with Gasteiger partial charge in [-0.15, -0.1) is 0 Å². The molecule has 1 saturated carbocycles. The molecule has 0 radical (unpaired) electrons. The van der Waals surface area contributed by atoms with E-state index in [0.29, 0.717) is 26.1 Å². The van der Waals surface area contributed by atoms with E-state index in [1.165, 1.54) is 18.6 Å². The van der Waals surface area contributed by atoms with Gasteiger partial charge in [0, 0.05) is 20.2 Å². The third-order valence-corrected chi connectivity index (χ3v) is 5.62. The normalized spacial score (nSPS) is 22.1. The molecule has 2 N–H and O–H groups in total. The molecule has 1 heterocycles. The van der Waals surface area contributed by atoms with Gasteiger partial charge in [0.25, 0.3) is 0 Å². The van der Waals surface area contributed by atoms with E-state index in [-0.39, 0.29) is 24.3 Å². The molecule has 1 aliphatic carbocycles. The number of rotatable bonds is 6. The maximum Gasteiger partial charge on any atom is 0.237 e. The predicted molar refractivity (Wildman–Crippen MR) is 97.3 cm³/mol. The third kappa shape index (κ3) is 4.42. The van der Waals surface area contributed by atoms with Crippen molar-refractivity contribution in [3.8, 4) is 0 Å². The highest BCUT2D eigenvalue weighted by Crippen LogP contribution is 2.31. The number of hydrogen-bond donors (Lipinski definition) is 2. The first-order valence-electron chi connectivity index (χ1n) is 9.52. The number of hydrogen-bond acceptors (Lipinski definition) is 4. The Labute approximate surface area is 154 Å². The Balaban J connectivity index is 1.62. The molecule has 6 heteroatoms. The number of fused-ring (bicyclic) bond motifs is 1. The van der Waals surface area contributed by atoms with E-state index in [0.717, 1.165) is 36.8 Å². The molecule has 1 amide bonds. The van der Waals surface area contributed by atoms with Crippen LogP contribution in [0.2, 0.25) is 0 Å². The molecule has 1 fully saturated rings. The predicted octanol–water partition coefficient (Wildman–Crippen LogP) is 2.18. The Bertz CT molecular complexity index is 631. The number of nitrogens with zero attached hydrogens (tertiary/aromatic N) is 1. The summed E-state index contributed by atoms with van der Waals surface area (Å²) in [5, 5.41) is 13.7. The summed E-state index contributed by atoms with van der Waals surface area (Å²) >= 11 is 0. The third-order valence-electron chi connectivity index (χ3n) is 5.62. The maximum atomic E-state index is 13.7. The summed E-state index contributed by atoms with van der Waals surface area (Å²) in [5.74, 6) is -0.335. The first-order valence-corrected chi connectivity index (χ1v) is 9.52. The van der Waals surface area contributed by atoms with Crippen molar-refractivity contribution in [2.75, 3.05) is 33.4 Å². The van der Waals surface area contributed by atoms with Crippen LogP contribution in [0.4, 0.5) is 4.39 Å². The zero-order chi connectivity index (χ0) is 18.6. The quantitative estimate of drug-likeness (QED) is 0.812. The summed E-state index contributed by atoms with van der Waals surface area (Å²) in [6, 6.07) is 4.50. The second-order valence-corrected chi connectivity index (χ2v) is 7.54. The van der Waals surface area contributed by atoms with Gasteiger partial charge in [0.05, 0.1) is 24.8 Å². The van der Waals surface area contributed by atoms with Gasteiger partial charge in [0.15, 0.2) is 0 Å². The number of benzene rings is 1. The van der Waals surface area contributed by atoms with Crippen LogP contribution in [-0.4, -0.2) is 54.9 Å². The lowest BCUT2D eigenvalue weighted by Crippen LogP contribution is -2.48. The minimum atomic E-state index is -0.692. The molecule has 1 aliphatic heterocycles. The second-order valence-electron chi connectivity index (χ2n) is 7.54. The molecule has 1 aromatic carbocycles. The van der Waals surface area contributed by atoms with E-state index >= 15 is 0 Å². The summed E-state index contributed by atoms with van der Waals surface area (Å²) in [5.41, 5.74) is 1.21. The van der Waals surface area contributed by atoms with Crippen molar-refractivity contribution in [2.45, 2.75) is 50.2 Å². The van der Waals surface area contributed by atoms with Crippen LogP contribution in [-0.2, 0) is 16.0 Å². The summed E-state index contributed by atoms with van der Waals surface area (Å²) in [4.78, 5) is 14.5. The smallest absolute Gasteiger partial charge is 0.237 e. The van der Waals surface area contributed by atoms with E-state index < -0.39 is 5.60 Å². The van der Waals surface area contributed by atoms with Crippen LogP contribution in [0.25, 0.3) is 0 Å². The van der Waals surface area contributed by atoms with Crippen LogP contribution >= 0.6 is 0 Å². The van der Waals surface area contributed by atoms with Crippen LogP contribution < -0.4 is 5.32 Å². The van der Waals surface area contributed by atoms with E-state index in [1.807, 2.05) is 0 Å². The number of nitrogens with one attached hydrogen (secondary N) is 1. The number of methoxy groups -OCH3 is 1. The maximum absolute atomic E-state index is 13.7. The summed E-state index contributed by atoms with van der Waals surface area (Å²) in [7, 11) is 1.59. The van der Waals surface area contributed by atoms with Gasteiger partial charge in [0.1, 0.15) is 5.82 Å². The second kappa shape index (κ2) is 8.46. The number of carbonyl (C=O) groups is 1. The molecular weight excluding hydrogens is 335 g/mol. The highest BCUT2D eigenvalue weighted by molar-refractivity contribution is 5.79. The summed E-state index contributed by atoms with van der Waals surface area (Å²) in [6.07, 6.45) is 5.54. The Morgan fingerprint density at radius 2 is 2.15 bits per heavy atom. The van der Waals surface area contributed by atoms with Crippen LogP contribution in [0, 0.1) is 5.82 Å². The Kier molecular flexibility index (Phi) is 6.27. The number of aliphatic hydroxyl groups is 1. The van der Waals surface area contributed by atoms with Gasteiger partial charge in [-0.2, -0.15) is 0 Å². The van der Waals surface area contributed by atoms with E-state index in [2.05, 4.69) is 5.32 Å². The average molecular weight is 364 g/mol. The molecule has 144 valence electrons. The monoisotopic (exact) mass is 364 g/mol. The molecule has 5 nitrogen and oxygen atoms in total. The van der Waals surface area contributed by atoms with Crippen molar-refractivity contribution in [1.82, 2.24) is 10.2 Å². The molecule has 1 unspecified atom stereocenters. The average Bonchev–Trinajstić information content (AvgIpc) is 2.62. The van der Waals surface area contributed by atoms with Gasteiger partial charge in [0.2, 0.25) is 5.91 Å². The first kappa shape index (κ1) is 19.3. The Hall–Kier alpha value is -1.50. The van der Waals surface area contributed by atoms with Gasteiger partial charge >= 0.3 is 0 Å². The SMILES string of the molecule is COCC1c2cc(F)ccc2CCN1C(=O)CNCC1(O)CCCCC1. The number of amides is 1. The van der Waals surface area contributed by atoms with Crippen molar-refractivity contribution >= 4 is 5.91 Å². The number of ether oxygens (including phenoxy) is 1. The molecule has 3 rings (SSSR count). The molecule has 0 spiro atoms. The van der Waals surface area contributed by atoms with Gasteiger partial charge in [-0.25, -0.2) is 4.39 Å². The standard InChI is InChI=1S/C20H29FN2O3/c1-26-13-18-17-11-16(21)6-5-15(17)7-10-23(18)19(24)12-22-14-20(25)8-3-2-4-9-20/h5-6,11,18,22,25H,2-4,7-10,12-14H2,1H3. The number of halogens is 1. The van der Waals surface area contributed by atoms with Crippen LogP contribution in [0.1, 0.15) is 49.3 Å². The molecule has 1 aromatic rings. The zero-order valence-electron chi connectivity index (χ0n) is 15.5. The fourth-order valence-corrected chi connectivity index (χ4v) is 4.19. The first-order chi connectivity index (χ1) is 12.5. The molecular formula is C20H29FN2O3. The largest absolute Gasteiger partial charge is 0.389 e. The Morgan fingerprint density at radius 1 is 1.38 bits per heavy atom. The lowest BCUT2D eigenvalue weighted by atomic mass is 9.85. The lowest BCUT2D eigenvalue weighted by molar-refractivity contribution is -0.134. The van der Waals surface area contributed by atoms with E-state index in [1.54, 1.807) is 18.1 Å².